The zero-order chi connectivity index (χ0) is 7.42. The molecule has 0 nitrogen and oxygen atoms in total. The van der Waals surface area contributed by atoms with E-state index < -0.39 is 6.17 Å². The van der Waals surface area contributed by atoms with Crippen LogP contribution < -0.4 is 0 Å². The Hall–Kier alpha value is -0.590. The predicted molar refractivity (Wildman–Crippen MR) is 41.8 cm³/mol. The Morgan fingerprint density at radius 2 is 1.82 bits per heavy atom. The largest absolute Gasteiger partial charge is 0.243 e. The molecule has 3 rings (SSSR count). The molecule has 0 radical (unpaired) electrons. The fourth-order valence-electron chi connectivity index (χ4n) is 2.98. The summed E-state index contributed by atoms with van der Waals surface area (Å²) in [5, 5.41) is 0. The minimum absolute atomic E-state index is 0.310. The molecular weight excluding hydrogens is 139 g/mol. The van der Waals surface area contributed by atoms with Gasteiger partial charge in [0.15, 0.2) is 0 Å². The summed E-state index contributed by atoms with van der Waals surface area (Å²) >= 11 is 0. The highest BCUT2D eigenvalue weighted by atomic mass is 19.1. The highest BCUT2D eigenvalue weighted by Gasteiger charge is 2.48. The smallest absolute Gasteiger partial charge is 0.122 e. The van der Waals surface area contributed by atoms with Crippen LogP contribution in [-0.2, 0) is 0 Å². The van der Waals surface area contributed by atoms with Crippen molar-refractivity contribution in [2.45, 2.75) is 12.6 Å². The van der Waals surface area contributed by atoms with Gasteiger partial charge < -0.3 is 0 Å². The van der Waals surface area contributed by atoms with Crippen molar-refractivity contribution in [2.24, 2.45) is 23.7 Å². The molecule has 11 heavy (non-hydrogen) atoms. The van der Waals surface area contributed by atoms with Crippen molar-refractivity contribution in [3.63, 3.8) is 0 Å². The quantitative estimate of drug-likeness (QED) is 0.465. The van der Waals surface area contributed by atoms with Crippen LogP contribution in [0.5, 0.6) is 0 Å². The van der Waals surface area contributed by atoms with E-state index >= 15 is 0 Å². The van der Waals surface area contributed by atoms with Gasteiger partial charge in [0, 0.05) is 5.92 Å². The third kappa shape index (κ3) is 0.597. The van der Waals surface area contributed by atoms with E-state index in [1.165, 1.54) is 6.42 Å². The van der Waals surface area contributed by atoms with Crippen molar-refractivity contribution in [3.8, 4) is 0 Å². The number of hydrogen-bond acceptors (Lipinski definition) is 0. The topological polar surface area (TPSA) is 0 Å². The maximum absolute atomic E-state index is 13.2. The molecule has 0 spiro atoms. The van der Waals surface area contributed by atoms with Crippen molar-refractivity contribution in [3.05, 3.63) is 24.3 Å². The highest BCUT2D eigenvalue weighted by molar-refractivity contribution is 5.24. The maximum Gasteiger partial charge on any atom is 0.122 e. The lowest BCUT2D eigenvalue weighted by Gasteiger charge is -2.21. The van der Waals surface area contributed by atoms with Crippen molar-refractivity contribution in [1.29, 1.82) is 0 Å². The van der Waals surface area contributed by atoms with Gasteiger partial charge in [0.05, 0.1) is 0 Å². The Morgan fingerprint density at radius 1 is 1.00 bits per heavy atom. The fourth-order valence-corrected chi connectivity index (χ4v) is 2.98. The summed E-state index contributed by atoms with van der Waals surface area (Å²) in [6.07, 6.45) is 8.88. The lowest BCUT2D eigenvalue weighted by molar-refractivity contribution is 0.235. The Balaban J connectivity index is 2.02. The van der Waals surface area contributed by atoms with Gasteiger partial charge in [-0.25, -0.2) is 4.39 Å². The number of halogens is 1. The normalized spacial score (nSPS) is 57.4. The van der Waals surface area contributed by atoms with E-state index in [9.17, 15) is 4.39 Å². The van der Waals surface area contributed by atoms with E-state index in [0.717, 1.165) is 0 Å². The molecule has 0 heterocycles. The van der Waals surface area contributed by atoms with Crippen LogP contribution in [0.1, 0.15) is 6.42 Å². The fraction of sp³-hybridized carbons (Fsp3) is 0.600. The predicted octanol–water partition coefficient (Wildman–Crippen LogP) is 2.33. The molecule has 0 aromatic heterocycles. The molecule has 1 fully saturated rings. The molecule has 0 aromatic carbocycles. The lowest BCUT2D eigenvalue weighted by atomic mass is 9.85. The molecule has 3 aliphatic rings. The molecule has 0 aliphatic heterocycles. The molecular formula is C10H11F. The zero-order valence-electron chi connectivity index (χ0n) is 6.28. The van der Waals surface area contributed by atoms with E-state index in [1.807, 2.05) is 0 Å². The first kappa shape index (κ1) is 5.99. The van der Waals surface area contributed by atoms with Gasteiger partial charge in [-0.3, -0.25) is 0 Å². The summed E-state index contributed by atoms with van der Waals surface area (Å²) in [5.41, 5.74) is 0. The number of hydrogen-bond donors (Lipinski definition) is 0. The number of rotatable bonds is 0. The number of allylic oxidation sites excluding steroid dienone is 4. The van der Waals surface area contributed by atoms with E-state index in [2.05, 4.69) is 18.2 Å². The molecule has 58 valence electrons. The van der Waals surface area contributed by atoms with Crippen LogP contribution >= 0.6 is 0 Å². The van der Waals surface area contributed by atoms with Gasteiger partial charge in [0.2, 0.25) is 0 Å². The Labute approximate surface area is 65.8 Å². The minimum atomic E-state index is -0.653. The summed E-state index contributed by atoms with van der Waals surface area (Å²) in [7, 11) is 0. The molecule has 0 N–H and O–H groups in total. The monoisotopic (exact) mass is 150 g/mol. The van der Waals surface area contributed by atoms with Crippen molar-refractivity contribution in [2.75, 3.05) is 0 Å². The highest BCUT2D eigenvalue weighted by Crippen LogP contribution is 2.53. The van der Waals surface area contributed by atoms with Crippen molar-refractivity contribution < 1.29 is 4.39 Å². The molecule has 5 unspecified atom stereocenters. The summed E-state index contributed by atoms with van der Waals surface area (Å²) in [6.45, 7) is 0. The van der Waals surface area contributed by atoms with Crippen LogP contribution in [0.4, 0.5) is 4.39 Å². The van der Waals surface area contributed by atoms with Crippen LogP contribution in [0.15, 0.2) is 24.3 Å². The summed E-state index contributed by atoms with van der Waals surface area (Å²) in [4.78, 5) is 0. The first-order valence-corrected chi connectivity index (χ1v) is 4.37. The van der Waals surface area contributed by atoms with Crippen LogP contribution in [0, 0.1) is 23.7 Å². The van der Waals surface area contributed by atoms with E-state index in [-0.39, 0.29) is 0 Å². The van der Waals surface area contributed by atoms with E-state index in [1.54, 1.807) is 6.08 Å². The average molecular weight is 150 g/mol. The summed E-state index contributed by atoms with van der Waals surface area (Å²) in [5.74, 6) is 2.07. The average Bonchev–Trinajstić information content (AvgIpc) is 2.60. The molecule has 3 aliphatic carbocycles. The number of alkyl halides is 1. The molecule has 2 bridgehead atoms. The third-order valence-corrected chi connectivity index (χ3v) is 3.47. The second kappa shape index (κ2) is 1.77. The second-order valence-corrected chi connectivity index (χ2v) is 3.93. The number of fused-ring (bicyclic) bond motifs is 5. The minimum Gasteiger partial charge on any atom is -0.243 e. The van der Waals surface area contributed by atoms with Gasteiger partial charge in [-0.2, -0.15) is 0 Å². The Kier molecular flexibility index (Phi) is 0.961. The molecule has 1 saturated carbocycles. The summed E-state index contributed by atoms with van der Waals surface area (Å²) < 4.78 is 13.2. The van der Waals surface area contributed by atoms with Crippen molar-refractivity contribution >= 4 is 0 Å². The van der Waals surface area contributed by atoms with Gasteiger partial charge in [0.1, 0.15) is 6.17 Å². The Morgan fingerprint density at radius 3 is 2.64 bits per heavy atom. The third-order valence-electron chi connectivity index (χ3n) is 3.47. The van der Waals surface area contributed by atoms with E-state index in [4.69, 9.17) is 0 Å². The SMILES string of the molecule is FC1C=CC2C3C=CC(C3)C12. The van der Waals surface area contributed by atoms with E-state index in [0.29, 0.717) is 23.7 Å². The molecule has 1 heteroatoms. The summed E-state index contributed by atoms with van der Waals surface area (Å²) in [6, 6.07) is 0. The standard InChI is InChI=1S/C10H11F/c11-9-4-3-8-6-1-2-7(5-6)10(8)9/h1-4,6-10H,5H2. The second-order valence-electron chi connectivity index (χ2n) is 3.93. The lowest BCUT2D eigenvalue weighted by Crippen LogP contribution is -2.20. The van der Waals surface area contributed by atoms with Gasteiger partial charge in [-0.1, -0.05) is 24.3 Å². The van der Waals surface area contributed by atoms with Gasteiger partial charge in [-0.15, -0.1) is 0 Å². The van der Waals surface area contributed by atoms with Gasteiger partial charge >= 0.3 is 0 Å². The molecule has 0 amide bonds. The Bertz CT molecular complexity index is 241. The van der Waals surface area contributed by atoms with Crippen LogP contribution in [0.25, 0.3) is 0 Å². The first-order valence-electron chi connectivity index (χ1n) is 4.37. The zero-order valence-corrected chi connectivity index (χ0v) is 6.28. The van der Waals surface area contributed by atoms with Crippen molar-refractivity contribution in [1.82, 2.24) is 0 Å². The molecule has 0 saturated heterocycles. The first-order chi connectivity index (χ1) is 5.36. The van der Waals surface area contributed by atoms with Crippen LogP contribution in [0.3, 0.4) is 0 Å². The maximum atomic E-state index is 13.2. The van der Waals surface area contributed by atoms with Crippen LogP contribution in [0.2, 0.25) is 0 Å². The van der Waals surface area contributed by atoms with Gasteiger partial charge in [-0.05, 0) is 24.2 Å². The molecule has 0 aromatic rings. The van der Waals surface area contributed by atoms with Gasteiger partial charge in [0.25, 0.3) is 0 Å². The van der Waals surface area contributed by atoms with Crippen LogP contribution in [-0.4, -0.2) is 6.17 Å². The molecule has 5 atom stereocenters.